The van der Waals surface area contributed by atoms with E-state index in [0.29, 0.717) is 25.1 Å². The molecule has 1 aromatic carbocycles. The molecule has 3 unspecified atom stereocenters. The molecule has 134 valence electrons. The van der Waals surface area contributed by atoms with Gasteiger partial charge < -0.3 is 19.9 Å². The molecule has 1 aromatic rings. The largest absolute Gasteiger partial charge is 0.389 e. The summed E-state index contributed by atoms with van der Waals surface area (Å²) in [6.07, 6.45) is 5.26. The number of aliphatic hydroxyl groups excluding tert-OH is 1. The van der Waals surface area contributed by atoms with Crippen molar-refractivity contribution in [3.8, 4) is 0 Å². The molecule has 3 rings (SSSR count). The van der Waals surface area contributed by atoms with Crippen LogP contribution in [-0.4, -0.2) is 43.6 Å². The number of hydrogen-bond acceptors (Lipinski definition) is 4. The summed E-state index contributed by atoms with van der Waals surface area (Å²) in [7, 11) is 0. The molecular weight excluding hydrogens is 302 g/mol. The third-order valence-corrected chi connectivity index (χ3v) is 5.45. The Bertz CT molecular complexity index is 501. The van der Waals surface area contributed by atoms with E-state index in [9.17, 15) is 5.11 Å². The molecule has 0 radical (unpaired) electrons. The van der Waals surface area contributed by atoms with Gasteiger partial charge in [0.2, 0.25) is 0 Å². The van der Waals surface area contributed by atoms with Crippen molar-refractivity contribution >= 4 is 0 Å². The molecule has 1 aliphatic heterocycles. The van der Waals surface area contributed by atoms with Crippen LogP contribution in [0.15, 0.2) is 24.3 Å². The smallest absolute Gasteiger partial charge is 0.0898 e. The van der Waals surface area contributed by atoms with E-state index in [-0.39, 0.29) is 6.10 Å². The second kappa shape index (κ2) is 8.95. The van der Waals surface area contributed by atoms with E-state index in [1.54, 1.807) is 0 Å². The van der Waals surface area contributed by atoms with Crippen LogP contribution >= 0.6 is 0 Å². The summed E-state index contributed by atoms with van der Waals surface area (Å²) in [6.45, 7) is 4.92. The number of benzene rings is 1. The van der Waals surface area contributed by atoms with E-state index >= 15 is 0 Å². The van der Waals surface area contributed by atoms with Crippen LogP contribution in [0.5, 0.6) is 0 Å². The van der Waals surface area contributed by atoms with Crippen molar-refractivity contribution < 1.29 is 14.6 Å². The van der Waals surface area contributed by atoms with Gasteiger partial charge in [0.25, 0.3) is 0 Å². The lowest BCUT2D eigenvalue weighted by Crippen LogP contribution is -2.41. The minimum Gasteiger partial charge on any atom is -0.389 e. The van der Waals surface area contributed by atoms with Crippen LogP contribution in [0.25, 0.3) is 0 Å². The first-order valence-corrected chi connectivity index (χ1v) is 9.42. The van der Waals surface area contributed by atoms with E-state index in [1.165, 1.54) is 11.1 Å². The number of hydrogen-bond donors (Lipinski definition) is 2. The van der Waals surface area contributed by atoms with Gasteiger partial charge in [0, 0.05) is 25.8 Å². The summed E-state index contributed by atoms with van der Waals surface area (Å²) in [5.74, 6) is 0.650. The Balaban J connectivity index is 1.40. The van der Waals surface area contributed by atoms with Crippen molar-refractivity contribution in [1.29, 1.82) is 0 Å². The third-order valence-electron chi connectivity index (χ3n) is 5.45. The van der Waals surface area contributed by atoms with Gasteiger partial charge in [-0.25, -0.2) is 0 Å². The van der Waals surface area contributed by atoms with Crippen LogP contribution in [0.3, 0.4) is 0 Å². The highest BCUT2D eigenvalue weighted by Gasteiger charge is 2.23. The molecule has 3 atom stereocenters. The van der Waals surface area contributed by atoms with Crippen molar-refractivity contribution in [3.05, 3.63) is 35.4 Å². The average Bonchev–Trinajstić information content (AvgIpc) is 2.65. The van der Waals surface area contributed by atoms with Gasteiger partial charge in [-0.3, -0.25) is 0 Å². The van der Waals surface area contributed by atoms with Crippen LogP contribution in [0, 0.1) is 5.92 Å². The van der Waals surface area contributed by atoms with Gasteiger partial charge in [-0.15, -0.1) is 0 Å². The zero-order valence-electron chi connectivity index (χ0n) is 14.7. The maximum absolute atomic E-state index is 10.3. The van der Waals surface area contributed by atoms with E-state index in [1.807, 2.05) is 0 Å². The van der Waals surface area contributed by atoms with Crippen molar-refractivity contribution in [2.24, 2.45) is 5.92 Å². The van der Waals surface area contributed by atoms with Crippen LogP contribution < -0.4 is 5.32 Å². The van der Waals surface area contributed by atoms with E-state index in [2.05, 4.69) is 36.5 Å². The first-order chi connectivity index (χ1) is 11.7. The number of rotatable bonds is 7. The second-order valence-electron chi connectivity index (χ2n) is 7.21. The maximum atomic E-state index is 10.3. The number of aliphatic hydroxyl groups is 1. The summed E-state index contributed by atoms with van der Waals surface area (Å²) in [6, 6.07) is 8.94. The van der Waals surface area contributed by atoms with E-state index < -0.39 is 6.10 Å². The molecule has 24 heavy (non-hydrogen) atoms. The molecule has 0 bridgehead atoms. The predicted octanol–water partition coefficient (Wildman–Crippen LogP) is 2.85. The Kier molecular flexibility index (Phi) is 6.67. The number of aryl methyl sites for hydroxylation is 1. The molecule has 1 fully saturated rings. The Morgan fingerprint density at radius 3 is 2.88 bits per heavy atom. The fraction of sp³-hybridized carbons (Fsp3) is 0.700. The van der Waals surface area contributed by atoms with Crippen LogP contribution in [0.2, 0.25) is 0 Å². The van der Waals surface area contributed by atoms with Crippen molar-refractivity contribution in [2.45, 2.75) is 57.3 Å². The standard InChI is InChI=1S/C20H31NO3/c1-15(16-9-11-23-12-10-16)21-13-18(22)14-24-20-8-4-6-17-5-2-3-7-19(17)20/h2-3,5,7,15-16,18,20-22H,4,6,8-14H2,1H3. The number of ether oxygens (including phenoxy) is 2. The summed E-state index contributed by atoms with van der Waals surface area (Å²) in [5, 5.41) is 13.7. The van der Waals surface area contributed by atoms with Crippen LogP contribution in [0.1, 0.15) is 49.8 Å². The minimum absolute atomic E-state index is 0.137. The minimum atomic E-state index is -0.457. The van der Waals surface area contributed by atoms with Gasteiger partial charge in [-0.1, -0.05) is 24.3 Å². The number of nitrogens with one attached hydrogen (secondary N) is 1. The lowest BCUT2D eigenvalue weighted by atomic mass is 9.89. The van der Waals surface area contributed by atoms with E-state index in [4.69, 9.17) is 9.47 Å². The molecule has 0 saturated carbocycles. The zero-order valence-corrected chi connectivity index (χ0v) is 14.7. The van der Waals surface area contributed by atoms with Gasteiger partial charge in [0.1, 0.15) is 0 Å². The molecule has 4 heteroatoms. The fourth-order valence-electron chi connectivity index (χ4n) is 3.87. The summed E-state index contributed by atoms with van der Waals surface area (Å²) < 4.78 is 11.5. The van der Waals surface area contributed by atoms with Gasteiger partial charge >= 0.3 is 0 Å². The van der Waals surface area contributed by atoms with Gasteiger partial charge in [-0.2, -0.15) is 0 Å². The second-order valence-corrected chi connectivity index (χ2v) is 7.21. The lowest BCUT2D eigenvalue weighted by Gasteiger charge is -2.30. The Morgan fingerprint density at radius 1 is 1.25 bits per heavy atom. The normalized spacial score (nSPS) is 24.3. The Labute approximate surface area is 145 Å². The molecule has 0 spiro atoms. The first-order valence-electron chi connectivity index (χ1n) is 9.42. The monoisotopic (exact) mass is 333 g/mol. The molecule has 0 amide bonds. The van der Waals surface area contributed by atoms with E-state index in [0.717, 1.165) is 45.3 Å². The molecule has 4 nitrogen and oxygen atoms in total. The third kappa shape index (κ3) is 4.79. The van der Waals surface area contributed by atoms with Crippen molar-refractivity contribution in [3.63, 3.8) is 0 Å². The van der Waals surface area contributed by atoms with Gasteiger partial charge in [0.15, 0.2) is 0 Å². The zero-order chi connectivity index (χ0) is 16.8. The molecule has 0 aromatic heterocycles. The summed E-state index contributed by atoms with van der Waals surface area (Å²) in [4.78, 5) is 0. The van der Waals surface area contributed by atoms with Gasteiger partial charge in [0.05, 0.1) is 18.8 Å². The molecule has 1 heterocycles. The molecule has 2 N–H and O–H groups in total. The molecular formula is C20H31NO3. The Hall–Kier alpha value is -0.940. The quantitative estimate of drug-likeness (QED) is 0.806. The van der Waals surface area contributed by atoms with Crippen LogP contribution in [-0.2, 0) is 15.9 Å². The molecule has 2 aliphatic rings. The topological polar surface area (TPSA) is 50.7 Å². The SMILES string of the molecule is CC(NCC(O)COC1CCCc2ccccc21)C1CCOCC1. The fourth-order valence-corrected chi connectivity index (χ4v) is 3.87. The van der Waals surface area contributed by atoms with Crippen LogP contribution in [0.4, 0.5) is 0 Å². The highest BCUT2D eigenvalue weighted by Crippen LogP contribution is 2.32. The number of fused-ring (bicyclic) bond motifs is 1. The summed E-state index contributed by atoms with van der Waals surface area (Å²) >= 11 is 0. The average molecular weight is 333 g/mol. The Morgan fingerprint density at radius 2 is 2.04 bits per heavy atom. The highest BCUT2D eigenvalue weighted by atomic mass is 16.5. The van der Waals surface area contributed by atoms with Gasteiger partial charge in [-0.05, 0) is 56.1 Å². The lowest BCUT2D eigenvalue weighted by molar-refractivity contribution is -0.0187. The highest BCUT2D eigenvalue weighted by molar-refractivity contribution is 5.31. The van der Waals surface area contributed by atoms with Crippen molar-refractivity contribution in [1.82, 2.24) is 5.32 Å². The van der Waals surface area contributed by atoms with Crippen molar-refractivity contribution in [2.75, 3.05) is 26.4 Å². The molecule has 1 saturated heterocycles. The predicted molar refractivity (Wildman–Crippen MR) is 95.1 cm³/mol. The summed E-state index contributed by atoms with van der Waals surface area (Å²) in [5.41, 5.74) is 2.70. The first kappa shape index (κ1) is 17.9. The molecule has 1 aliphatic carbocycles. The maximum Gasteiger partial charge on any atom is 0.0898 e.